The van der Waals surface area contributed by atoms with Crippen molar-refractivity contribution in [1.82, 2.24) is 4.57 Å². The largest absolute Gasteiger partial charge is 0.497 e. The van der Waals surface area contributed by atoms with Gasteiger partial charge < -0.3 is 14.2 Å². The molecule has 3 aromatic carbocycles. The third-order valence-corrected chi connectivity index (χ3v) is 7.89. The molecular formula is C31H26ClFN2O5S. The van der Waals surface area contributed by atoms with E-state index in [0.717, 1.165) is 5.56 Å². The topological polar surface area (TPSA) is 79.1 Å². The highest BCUT2D eigenvalue weighted by molar-refractivity contribution is 7.07. The summed E-state index contributed by atoms with van der Waals surface area (Å²) in [4.78, 5) is 31.9. The number of halogens is 2. The van der Waals surface area contributed by atoms with Gasteiger partial charge in [-0.25, -0.2) is 14.2 Å². The van der Waals surface area contributed by atoms with Gasteiger partial charge in [-0.05, 0) is 67.4 Å². The monoisotopic (exact) mass is 592 g/mol. The normalized spacial score (nSPS) is 14.9. The Hall–Kier alpha value is -4.21. The third-order valence-electron chi connectivity index (χ3n) is 6.55. The number of hydrogen-bond donors (Lipinski definition) is 0. The Morgan fingerprint density at radius 2 is 1.88 bits per heavy atom. The number of carbonyl (C=O) groups excluding carboxylic acids is 1. The molecule has 2 heterocycles. The predicted molar refractivity (Wildman–Crippen MR) is 156 cm³/mol. The maximum atomic E-state index is 14.2. The summed E-state index contributed by atoms with van der Waals surface area (Å²) in [6.45, 7) is 3.61. The van der Waals surface area contributed by atoms with Gasteiger partial charge in [-0.3, -0.25) is 9.36 Å². The van der Waals surface area contributed by atoms with Crippen LogP contribution in [0.15, 0.2) is 87.8 Å². The van der Waals surface area contributed by atoms with Gasteiger partial charge in [0.25, 0.3) is 5.56 Å². The number of nitrogens with zero attached hydrogens (tertiary/aromatic N) is 2. The van der Waals surface area contributed by atoms with Crippen molar-refractivity contribution in [2.24, 2.45) is 4.99 Å². The van der Waals surface area contributed by atoms with Crippen molar-refractivity contribution in [2.75, 3.05) is 13.7 Å². The Morgan fingerprint density at radius 1 is 1.12 bits per heavy atom. The number of benzene rings is 3. The predicted octanol–water partition coefficient (Wildman–Crippen LogP) is 5.18. The standard InChI is InChI=1S/C31H26ClFN2O5S/c1-4-39-30(37)27-18(2)34-31-35(28(27)20-11-13-21(38-3)14-12-20)29(36)26(41-31)16-19-7-5-8-22(15-19)40-17-23-24(32)9-6-10-25(23)33/h5-16,28H,4,17H2,1-3H3/b26-16+/t28-/m0/s1. The number of esters is 1. The number of aromatic nitrogens is 1. The Bertz CT molecular complexity index is 1810. The summed E-state index contributed by atoms with van der Waals surface area (Å²) in [5.74, 6) is 0.170. The molecule has 1 aromatic heterocycles. The van der Waals surface area contributed by atoms with E-state index in [1.54, 1.807) is 63.4 Å². The molecule has 4 aromatic rings. The number of rotatable bonds is 8. The van der Waals surface area contributed by atoms with Gasteiger partial charge in [0.15, 0.2) is 4.80 Å². The summed E-state index contributed by atoms with van der Waals surface area (Å²) >= 11 is 7.34. The van der Waals surface area contributed by atoms with Crippen LogP contribution < -0.4 is 24.4 Å². The quantitative estimate of drug-likeness (QED) is 0.264. The molecule has 1 aliphatic rings. The van der Waals surface area contributed by atoms with Crippen LogP contribution in [-0.4, -0.2) is 24.3 Å². The van der Waals surface area contributed by atoms with E-state index in [-0.39, 0.29) is 29.4 Å². The number of methoxy groups -OCH3 is 1. The molecule has 0 radical (unpaired) electrons. The number of thiazole rings is 1. The smallest absolute Gasteiger partial charge is 0.338 e. The maximum Gasteiger partial charge on any atom is 0.338 e. The van der Waals surface area contributed by atoms with Crippen molar-refractivity contribution >= 4 is 35.0 Å². The van der Waals surface area contributed by atoms with Crippen molar-refractivity contribution < 1.29 is 23.4 Å². The average molecular weight is 593 g/mol. The first kappa shape index (κ1) is 28.3. The lowest BCUT2D eigenvalue weighted by Gasteiger charge is -2.24. The lowest BCUT2D eigenvalue weighted by atomic mass is 9.96. The maximum absolute atomic E-state index is 14.2. The fraction of sp³-hybridized carbons (Fsp3) is 0.194. The molecule has 0 bridgehead atoms. The first-order valence-corrected chi connectivity index (χ1v) is 14.0. The van der Waals surface area contributed by atoms with Crippen LogP contribution in [0.3, 0.4) is 0 Å². The van der Waals surface area contributed by atoms with E-state index in [0.29, 0.717) is 37.7 Å². The van der Waals surface area contributed by atoms with Crippen LogP contribution in [-0.2, 0) is 16.1 Å². The van der Waals surface area contributed by atoms with Crippen LogP contribution in [0.25, 0.3) is 6.08 Å². The highest BCUT2D eigenvalue weighted by atomic mass is 35.5. The summed E-state index contributed by atoms with van der Waals surface area (Å²) in [5.41, 5.74) is 2.18. The molecule has 0 saturated carbocycles. The first-order valence-electron chi connectivity index (χ1n) is 12.8. The molecule has 210 valence electrons. The van der Waals surface area contributed by atoms with Gasteiger partial charge in [0.05, 0.1) is 40.6 Å². The minimum atomic E-state index is -0.724. The van der Waals surface area contributed by atoms with E-state index >= 15 is 0 Å². The minimum Gasteiger partial charge on any atom is -0.497 e. The zero-order valence-electron chi connectivity index (χ0n) is 22.5. The van der Waals surface area contributed by atoms with Crippen LogP contribution in [0.2, 0.25) is 5.02 Å². The highest BCUT2D eigenvalue weighted by Crippen LogP contribution is 2.31. The van der Waals surface area contributed by atoms with Crippen LogP contribution in [0.5, 0.6) is 11.5 Å². The van der Waals surface area contributed by atoms with Crippen LogP contribution in [0.1, 0.15) is 36.6 Å². The zero-order chi connectivity index (χ0) is 29.1. The molecule has 0 unspecified atom stereocenters. The van der Waals surface area contributed by atoms with Crippen LogP contribution >= 0.6 is 22.9 Å². The molecular weight excluding hydrogens is 567 g/mol. The molecule has 5 rings (SSSR count). The molecule has 0 aliphatic carbocycles. The average Bonchev–Trinajstić information content (AvgIpc) is 3.26. The lowest BCUT2D eigenvalue weighted by molar-refractivity contribution is -0.139. The number of allylic oxidation sites excluding steroid dienone is 1. The van der Waals surface area contributed by atoms with E-state index in [4.69, 9.17) is 25.8 Å². The SMILES string of the molecule is CCOC(=O)C1=C(C)N=c2s/c(=C/c3cccc(OCc4c(F)cccc4Cl)c3)c(=O)n2[C@H]1c1ccc(OC)cc1. The molecule has 0 fully saturated rings. The second kappa shape index (κ2) is 12.1. The first-order chi connectivity index (χ1) is 19.8. The molecule has 0 spiro atoms. The van der Waals surface area contributed by atoms with Gasteiger partial charge in [-0.15, -0.1) is 0 Å². The fourth-order valence-electron chi connectivity index (χ4n) is 4.56. The van der Waals surface area contributed by atoms with Crippen molar-refractivity contribution in [3.8, 4) is 11.5 Å². The molecule has 0 amide bonds. The van der Waals surface area contributed by atoms with Crippen molar-refractivity contribution in [3.05, 3.63) is 125 Å². The molecule has 7 nitrogen and oxygen atoms in total. The summed E-state index contributed by atoms with van der Waals surface area (Å²) < 4.78 is 32.5. The zero-order valence-corrected chi connectivity index (χ0v) is 24.1. The van der Waals surface area contributed by atoms with Crippen molar-refractivity contribution in [2.45, 2.75) is 26.5 Å². The number of hydrogen-bond acceptors (Lipinski definition) is 7. The Kier molecular flexibility index (Phi) is 8.37. The number of ether oxygens (including phenoxy) is 3. The number of fused-ring (bicyclic) bond motifs is 1. The molecule has 0 N–H and O–H groups in total. The molecule has 0 saturated heterocycles. The van der Waals surface area contributed by atoms with Crippen LogP contribution in [0.4, 0.5) is 4.39 Å². The Labute approximate surface area is 244 Å². The van der Waals surface area contributed by atoms with E-state index in [2.05, 4.69) is 4.99 Å². The van der Waals surface area contributed by atoms with Gasteiger partial charge in [0, 0.05) is 5.56 Å². The lowest BCUT2D eigenvalue weighted by Crippen LogP contribution is -2.39. The van der Waals surface area contributed by atoms with Crippen molar-refractivity contribution in [1.29, 1.82) is 0 Å². The Balaban J connectivity index is 1.54. The van der Waals surface area contributed by atoms with E-state index < -0.39 is 17.8 Å². The summed E-state index contributed by atoms with van der Waals surface area (Å²) in [6, 6.07) is 18.1. The van der Waals surface area contributed by atoms with Crippen molar-refractivity contribution in [3.63, 3.8) is 0 Å². The third kappa shape index (κ3) is 5.82. The van der Waals surface area contributed by atoms with Gasteiger partial charge in [0.2, 0.25) is 0 Å². The van der Waals surface area contributed by atoms with Gasteiger partial charge in [-0.1, -0.05) is 53.3 Å². The van der Waals surface area contributed by atoms with E-state index in [1.165, 1.54) is 28.0 Å². The molecule has 10 heteroatoms. The fourth-order valence-corrected chi connectivity index (χ4v) is 5.83. The Morgan fingerprint density at radius 3 is 2.59 bits per heavy atom. The van der Waals surface area contributed by atoms with Gasteiger partial charge in [-0.2, -0.15) is 0 Å². The summed E-state index contributed by atoms with van der Waals surface area (Å²) in [5, 5.41) is 0.283. The summed E-state index contributed by atoms with van der Waals surface area (Å²) in [7, 11) is 1.57. The highest BCUT2D eigenvalue weighted by Gasteiger charge is 2.33. The second-order valence-electron chi connectivity index (χ2n) is 9.14. The van der Waals surface area contributed by atoms with Gasteiger partial charge in [0.1, 0.15) is 23.9 Å². The number of carbonyl (C=O) groups is 1. The second-order valence-corrected chi connectivity index (χ2v) is 10.6. The van der Waals surface area contributed by atoms with Gasteiger partial charge >= 0.3 is 5.97 Å². The molecule has 1 atom stereocenters. The molecule has 41 heavy (non-hydrogen) atoms. The van der Waals surface area contributed by atoms with E-state index in [1.807, 2.05) is 18.2 Å². The summed E-state index contributed by atoms with van der Waals surface area (Å²) in [6.07, 6.45) is 1.74. The van der Waals surface area contributed by atoms with E-state index in [9.17, 15) is 14.0 Å². The minimum absolute atomic E-state index is 0.0467. The van der Waals surface area contributed by atoms with Crippen LogP contribution in [0, 0.1) is 5.82 Å². The molecule has 1 aliphatic heterocycles.